The molecule has 0 aromatic heterocycles. The van der Waals surface area contributed by atoms with Crippen LogP contribution in [0.2, 0.25) is 0 Å². The van der Waals surface area contributed by atoms with Gasteiger partial charge in [0.05, 0.1) is 44.7 Å². The van der Waals surface area contributed by atoms with Crippen molar-refractivity contribution in [1.82, 2.24) is 10.6 Å². The summed E-state index contributed by atoms with van der Waals surface area (Å²) in [6.07, 6.45) is 2.30. The first kappa shape index (κ1) is 27.9. The summed E-state index contributed by atoms with van der Waals surface area (Å²) in [6, 6.07) is 26.3. The normalized spacial score (nSPS) is 20.7. The molecule has 2 aliphatic heterocycles. The van der Waals surface area contributed by atoms with Crippen LogP contribution in [0, 0.1) is 5.92 Å². The Morgan fingerprint density at radius 1 is 0.875 bits per heavy atom. The predicted molar refractivity (Wildman–Crippen MR) is 157 cm³/mol. The van der Waals surface area contributed by atoms with E-state index in [0.717, 1.165) is 46.8 Å². The molecule has 0 saturated carbocycles. The number of rotatable bonds is 11. The van der Waals surface area contributed by atoms with Crippen molar-refractivity contribution in [2.45, 2.75) is 42.0 Å². The lowest BCUT2D eigenvalue weighted by Crippen LogP contribution is -2.43. The number of urea groups is 1. The van der Waals surface area contributed by atoms with E-state index < -0.39 is 11.3 Å². The van der Waals surface area contributed by atoms with Crippen LogP contribution >= 0.6 is 11.8 Å². The minimum absolute atomic E-state index is 0.0881. The molecule has 2 aliphatic rings. The molecule has 2 fully saturated rings. The molecular weight excluding hydrogens is 524 g/mol. The van der Waals surface area contributed by atoms with Crippen LogP contribution in [0.5, 0.6) is 11.5 Å². The van der Waals surface area contributed by atoms with Crippen molar-refractivity contribution in [2.24, 2.45) is 5.92 Å². The summed E-state index contributed by atoms with van der Waals surface area (Å²) in [5.74, 6) is 1.62. The summed E-state index contributed by atoms with van der Waals surface area (Å²) < 4.78 is 16.5. The molecule has 40 heavy (non-hydrogen) atoms. The average molecular weight is 561 g/mol. The fraction of sp³-hybridized carbons (Fsp3) is 0.375. The largest absolute Gasteiger partial charge is 0.497 e. The second-order valence-corrected chi connectivity index (χ2v) is 11.5. The number of ether oxygens (including phenoxy) is 3. The van der Waals surface area contributed by atoms with E-state index in [2.05, 4.69) is 22.8 Å². The Balaban J connectivity index is 1.59. The van der Waals surface area contributed by atoms with E-state index in [1.807, 2.05) is 78.5 Å². The van der Waals surface area contributed by atoms with E-state index in [0.29, 0.717) is 11.7 Å². The summed E-state index contributed by atoms with van der Waals surface area (Å²) in [7, 11) is 4.76. The van der Waals surface area contributed by atoms with Crippen molar-refractivity contribution in [3.8, 4) is 11.5 Å². The van der Waals surface area contributed by atoms with Crippen molar-refractivity contribution in [2.75, 3.05) is 27.1 Å². The Bertz CT molecular complexity index is 1250. The number of carbonyl (C=O) groups is 2. The Hall–Kier alpha value is -3.65. The standard InChI is InChI=1S/C32H36N2O5S/c1-37-24-16-12-22(13-17-24)32(21-8-5-4-6-9-21,23-14-18-25(38-2)19-15-23)26(30(35)39-3)10-7-11-28-29-27(20-40-28)33-31(36)34-29/h4-6,8-9,12-19,26-29H,7,10-11,20H2,1-3H3,(H2,33,34,36)/t26?,27-,28-,29-/m0/s1. The molecule has 3 aromatic carbocycles. The first-order chi connectivity index (χ1) is 19.5. The van der Waals surface area contributed by atoms with Gasteiger partial charge in [0.2, 0.25) is 0 Å². The Morgan fingerprint density at radius 3 is 2.00 bits per heavy atom. The van der Waals surface area contributed by atoms with Gasteiger partial charge in [-0.25, -0.2) is 4.79 Å². The van der Waals surface area contributed by atoms with Crippen LogP contribution in [0.4, 0.5) is 4.79 Å². The lowest BCUT2D eigenvalue weighted by molar-refractivity contribution is -0.147. The van der Waals surface area contributed by atoms with Gasteiger partial charge in [0.25, 0.3) is 0 Å². The lowest BCUT2D eigenvalue weighted by Gasteiger charge is -2.41. The summed E-state index contributed by atoms with van der Waals surface area (Å²) in [6.45, 7) is 0. The van der Waals surface area contributed by atoms with E-state index in [-0.39, 0.29) is 24.1 Å². The Labute approximate surface area is 240 Å². The van der Waals surface area contributed by atoms with Gasteiger partial charge in [0.15, 0.2) is 0 Å². The number of amides is 2. The number of esters is 1. The van der Waals surface area contributed by atoms with E-state index >= 15 is 0 Å². The molecule has 8 heteroatoms. The zero-order valence-electron chi connectivity index (χ0n) is 23.1. The SMILES string of the molecule is COC(=O)C(CCC[C@@H]1SC[C@@H]2NC(=O)N[C@@H]21)C(c1ccccc1)(c1ccc(OC)cc1)c1ccc(OC)cc1. The minimum Gasteiger partial charge on any atom is -0.497 e. The first-order valence-corrected chi connectivity index (χ1v) is 14.7. The highest BCUT2D eigenvalue weighted by atomic mass is 32.2. The summed E-state index contributed by atoms with van der Waals surface area (Å²) in [5, 5.41) is 6.40. The van der Waals surface area contributed by atoms with Crippen molar-refractivity contribution in [1.29, 1.82) is 0 Å². The minimum atomic E-state index is -0.832. The van der Waals surface area contributed by atoms with Crippen LogP contribution in [0.3, 0.4) is 0 Å². The fourth-order valence-corrected chi connectivity index (χ4v) is 7.88. The molecule has 2 saturated heterocycles. The Morgan fingerprint density at radius 2 is 1.45 bits per heavy atom. The van der Waals surface area contributed by atoms with Gasteiger partial charge in [-0.1, -0.05) is 61.0 Å². The molecule has 2 heterocycles. The number of hydrogen-bond acceptors (Lipinski definition) is 6. The quantitative estimate of drug-likeness (QED) is 0.191. The monoisotopic (exact) mass is 560 g/mol. The molecule has 0 radical (unpaired) electrons. The molecule has 3 aromatic rings. The molecule has 2 amide bonds. The third-order valence-electron chi connectivity index (χ3n) is 8.25. The van der Waals surface area contributed by atoms with Crippen LogP contribution < -0.4 is 20.1 Å². The van der Waals surface area contributed by atoms with Crippen LogP contribution in [-0.2, 0) is 14.9 Å². The highest BCUT2D eigenvalue weighted by Gasteiger charge is 2.48. The van der Waals surface area contributed by atoms with Crippen molar-refractivity contribution in [3.05, 3.63) is 95.6 Å². The highest BCUT2D eigenvalue weighted by Crippen LogP contribution is 2.49. The van der Waals surface area contributed by atoms with Gasteiger partial charge >= 0.3 is 12.0 Å². The van der Waals surface area contributed by atoms with Gasteiger partial charge in [-0.2, -0.15) is 11.8 Å². The number of carbonyl (C=O) groups excluding carboxylic acids is 2. The molecule has 0 aliphatic carbocycles. The van der Waals surface area contributed by atoms with Crippen molar-refractivity contribution < 1.29 is 23.8 Å². The van der Waals surface area contributed by atoms with E-state index in [9.17, 15) is 9.59 Å². The van der Waals surface area contributed by atoms with Crippen LogP contribution in [-0.4, -0.2) is 56.4 Å². The maximum Gasteiger partial charge on any atom is 0.315 e. The number of hydrogen-bond donors (Lipinski definition) is 2. The molecule has 0 bridgehead atoms. The van der Waals surface area contributed by atoms with Crippen LogP contribution in [0.15, 0.2) is 78.9 Å². The molecular formula is C32H36N2O5S. The van der Waals surface area contributed by atoms with Gasteiger partial charge in [0, 0.05) is 11.0 Å². The third kappa shape index (κ3) is 5.24. The number of methoxy groups -OCH3 is 3. The zero-order valence-corrected chi connectivity index (χ0v) is 23.9. The van der Waals surface area contributed by atoms with Crippen molar-refractivity contribution >= 4 is 23.8 Å². The molecule has 1 unspecified atom stereocenters. The molecule has 0 spiro atoms. The maximum atomic E-state index is 13.8. The number of benzene rings is 3. The van der Waals surface area contributed by atoms with Gasteiger partial charge in [0.1, 0.15) is 11.5 Å². The fourth-order valence-electron chi connectivity index (χ4n) is 6.33. The number of thioether (sulfide) groups is 1. The van der Waals surface area contributed by atoms with Gasteiger partial charge < -0.3 is 24.8 Å². The molecule has 210 valence electrons. The number of nitrogens with one attached hydrogen (secondary N) is 2. The van der Waals surface area contributed by atoms with Gasteiger partial charge in [-0.05, 0) is 53.8 Å². The molecule has 2 N–H and O–H groups in total. The Kier molecular flexibility index (Phi) is 8.54. The van der Waals surface area contributed by atoms with Gasteiger partial charge in [-0.3, -0.25) is 4.79 Å². The van der Waals surface area contributed by atoms with Crippen LogP contribution in [0.1, 0.15) is 36.0 Å². The van der Waals surface area contributed by atoms with E-state index in [1.54, 1.807) is 14.2 Å². The van der Waals surface area contributed by atoms with E-state index in [1.165, 1.54) is 7.11 Å². The maximum absolute atomic E-state index is 13.8. The smallest absolute Gasteiger partial charge is 0.315 e. The second kappa shape index (κ2) is 12.3. The van der Waals surface area contributed by atoms with Crippen molar-refractivity contribution in [3.63, 3.8) is 0 Å². The first-order valence-electron chi connectivity index (χ1n) is 13.6. The topological polar surface area (TPSA) is 85.9 Å². The second-order valence-electron chi connectivity index (χ2n) is 10.3. The molecule has 4 atom stereocenters. The number of fused-ring (bicyclic) bond motifs is 1. The lowest BCUT2D eigenvalue weighted by atomic mass is 9.60. The van der Waals surface area contributed by atoms with E-state index in [4.69, 9.17) is 14.2 Å². The highest BCUT2D eigenvalue weighted by molar-refractivity contribution is 8.00. The summed E-state index contributed by atoms with van der Waals surface area (Å²) in [5.41, 5.74) is 2.12. The zero-order chi connectivity index (χ0) is 28.1. The van der Waals surface area contributed by atoms with Gasteiger partial charge in [-0.15, -0.1) is 0 Å². The summed E-state index contributed by atoms with van der Waals surface area (Å²) in [4.78, 5) is 25.7. The summed E-state index contributed by atoms with van der Waals surface area (Å²) >= 11 is 1.89. The van der Waals surface area contributed by atoms with Crippen LogP contribution in [0.25, 0.3) is 0 Å². The predicted octanol–water partition coefficient (Wildman–Crippen LogP) is 5.16. The molecule has 5 rings (SSSR count). The average Bonchev–Trinajstić information content (AvgIpc) is 3.56. The molecule has 7 nitrogen and oxygen atoms in total. The third-order valence-corrected chi connectivity index (χ3v) is 9.76.